The van der Waals surface area contributed by atoms with E-state index in [0.717, 1.165) is 35.5 Å². The van der Waals surface area contributed by atoms with E-state index in [2.05, 4.69) is 10.6 Å². The normalized spacial score (nSPS) is 52.8. The van der Waals surface area contributed by atoms with Crippen molar-refractivity contribution < 1.29 is 0 Å². The van der Waals surface area contributed by atoms with Crippen molar-refractivity contribution in [1.82, 2.24) is 10.6 Å². The maximum atomic E-state index is 6.17. The molecule has 9 saturated carbocycles. The third-order valence-electron chi connectivity index (χ3n) is 11.4. The summed E-state index contributed by atoms with van der Waals surface area (Å²) < 4.78 is 0. The SMILES string of the molecule is S=C(NC1CCCC(NC(=S)C23CC4CC(CC(C4)C2)C3)C1)C12CC3CC(CC(C3)C1)C2. The first kappa shape index (κ1) is 21.1. The third-order valence-corrected chi connectivity index (χ3v) is 12.5. The van der Waals surface area contributed by atoms with Crippen LogP contribution in [0.1, 0.15) is 103 Å². The van der Waals surface area contributed by atoms with Crippen LogP contribution in [-0.4, -0.2) is 22.1 Å². The summed E-state index contributed by atoms with van der Waals surface area (Å²) in [5, 5.41) is 7.93. The quantitative estimate of drug-likeness (QED) is 0.454. The maximum absolute atomic E-state index is 6.17. The van der Waals surface area contributed by atoms with Gasteiger partial charge >= 0.3 is 0 Å². The van der Waals surface area contributed by atoms with Crippen LogP contribution >= 0.6 is 24.4 Å². The van der Waals surface area contributed by atoms with Gasteiger partial charge in [-0.15, -0.1) is 0 Å². The van der Waals surface area contributed by atoms with Crippen LogP contribution < -0.4 is 10.6 Å². The predicted octanol–water partition coefficient (Wildman–Crippen LogP) is 6.56. The van der Waals surface area contributed by atoms with Crippen molar-refractivity contribution in [2.24, 2.45) is 46.3 Å². The van der Waals surface area contributed by atoms with Crippen molar-refractivity contribution in [3.63, 3.8) is 0 Å². The molecule has 0 spiro atoms. The smallest absolute Gasteiger partial charge is 0.0818 e. The van der Waals surface area contributed by atoms with Crippen molar-refractivity contribution in [2.75, 3.05) is 0 Å². The van der Waals surface area contributed by atoms with Gasteiger partial charge in [-0.1, -0.05) is 24.4 Å². The molecular weight excluding hydrogens is 428 g/mol. The molecule has 2 N–H and O–H groups in total. The molecule has 9 rings (SSSR count). The minimum atomic E-state index is 0.360. The van der Waals surface area contributed by atoms with Gasteiger partial charge in [0, 0.05) is 22.9 Å². The van der Waals surface area contributed by atoms with E-state index in [4.69, 9.17) is 24.4 Å². The van der Waals surface area contributed by atoms with E-state index in [0.29, 0.717) is 22.9 Å². The molecular formula is C28H42N2S2. The van der Waals surface area contributed by atoms with Gasteiger partial charge in [-0.2, -0.15) is 0 Å². The largest absolute Gasteiger partial charge is 0.376 e. The van der Waals surface area contributed by atoms with Crippen LogP contribution in [0.3, 0.4) is 0 Å². The molecule has 0 heterocycles. The van der Waals surface area contributed by atoms with Gasteiger partial charge in [0.25, 0.3) is 0 Å². The summed E-state index contributed by atoms with van der Waals surface area (Å²) in [6.07, 6.45) is 22.4. The number of rotatable bonds is 4. The lowest BCUT2D eigenvalue weighted by molar-refractivity contribution is -0.0135. The van der Waals surface area contributed by atoms with Crippen LogP contribution in [-0.2, 0) is 0 Å². The fourth-order valence-electron chi connectivity index (χ4n) is 10.9. The first-order valence-electron chi connectivity index (χ1n) is 14.1. The van der Waals surface area contributed by atoms with E-state index in [1.54, 1.807) is 0 Å². The molecule has 2 nitrogen and oxygen atoms in total. The van der Waals surface area contributed by atoms with E-state index in [1.807, 2.05) is 0 Å². The third kappa shape index (κ3) is 3.51. The second kappa shape index (κ2) is 7.64. The predicted molar refractivity (Wildman–Crippen MR) is 139 cm³/mol. The summed E-state index contributed by atoms with van der Waals surface area (Å²) in [7, 11) is 0. The molecule has 9 fully saturated rings. The zero-order valence-electron chi connectivity index (χ0n) is 19.7. The Kier molecular flexibility index (Phi) is 5.04. The molecule has 176 valence electrons. The molecule has 9 aliphatic carbocycles. The Morgan fingerprint density at radius 1 is 0.500 bits per heavy atom. The second-order valence-electron chi connectivity index (χ2n) is 13.9. The Hall–Kier alpha value is -0.220. The van der Waals surface area contributed by atoms with E-state index < -0.39 is 0 Å². The fourth-order valence-corrected chi connectivity index (χ4v) is 11.7. The molecule has 2 atom stereocenters. The molecule has 0 aromatic heterocycles. The van der Waals surface area contributed by atoms with Crippen LogP contribution in [0.5, 0.6) is 0 Å². The van der Waals surface area contributed by atoms with E-state index >= 15 is 0 Å². The molecule has 0 saturated heterocycles. The van der Waals surface area contributed by atoms with Crippen molar-refractivity contribution in [1.29, 1.82) is 0 Å². The van der Waals surface area contributed by atoms with Gasteiger partial charge in [-0.05, 0) is 138 Å². The fraction of sp³-hybridized carbons (Fsp3) is 0.929. The Balaban J connectivity index is 0.985. The monoisotopic (exact) mass is 470 g/mol. The average molecular weight is 471 g/mol. The van der Waals surface area contributed by atoms with Gasteiger partial charge in [-0.3, -0.25) is 0 Å². The zero-order chi connectivity index (χ0) is 21.5. The highest BCUT2D eigenvalue weighted by atomic mass is 32.1. The van der Waals surface area contributed by atoms with Crippen molar-refractivity contribution in [3.8, 4) is 0 Å². The molecule has 0 aromatic carbocycles. The van der Waals surface area contributed by atoms with Gasteiger partial charge in [0.1, 0.15) is 0 Å². The lowest BCUT2D eigenvalue weighted by Crippen LogP contribution is -2.57. The molecule has 9 aliphatic rings. The van der Waals surface area contributed by atoms with Gasteiger partial charge in [0.05, 0.1) is 9.98 Å². The summed E-state index contributed by atoms with van der Waals surface area (Å²) in [6.45, 7) is 0. The van der Waals surface area contributed by atoms with Crippen LogP contribution in [0, 0.1) is 46.3 Å². The molecule has 0 aliphatic heterocycles. The van der Waals surface area contributed by atoms with E-state index in [9.17, 15) is 0 Å². The van der Waals surface area contributed by atoms with Gasteiger partial charge in [0.15, 0.2) is 0 Å². The van der Waals surface area contributed by atoms with E-state index in [1.165, 1.54) is 113 Å². The number of thiocarbonyl (C=S) groups is 2. The van der Waals surface area contributed by atoms with Crippen molar-refractivity contribution in [3.05, 3.63) is 0 Å². The molecule has 2 unspecified atom stereocenters. The average Bonchev–Trinajstić information content (AvgIpc) is 2.72. The number of hydrogen-bond donors (Lipinski definition) is 2. The molecule has 0 amide bonds. The maximum Gasteiger partial charge on any atom is 0.0818 e. The summed E-state index contributed by atoms with van der Waals surface area (Å²) in [4.78, 5) is 2.51. The summed E-state index contributed by atoms with van der Waals surface area (Å²) in [5.74, 6) is 5.83. The van der Waals surface area contributed by atoms with E-state index in [-0.39, 0.29) is 0 Å². The highest BCUT2D eigenvalue weighted by molar-refractivity contribution is 7.80. The Bertz CT molecular complexity index is 669. The molecule has 0 radical (unpaired) electrons. The van der Waals surface area contributed by atoms with Crippen LogP contribution in [0.25, 0.3) is 0 Å². The lowest BCUT2D eigenvalue weighted by atomic mass is 9.49. The first-order chi connectivity index (χ1) is 15.5. The number of hydrogen-bond acceptors (Lipinski definition) is 2. The van der Waals surface area contributed by atoms with Crippen molar-refractivity contribution >= 4 is 34.4 Å². The molecule has 8 bridgehead atoms. The van der Waals surface area contributed by atoms with Crippen LogP contribution in [0.15, 0.2) is 0 Å². The van der Waals surface area contributed by atoms with Gasteiger partial charge < -0.3 is 10.6 Å². The second-order valence-corrected chi connectivity index (χ2v) is 14.7. The summed E-state index contributed by atoms with van der Waals surface area (Å²) in [6, 6.07) is 1.11. The molecule has 32 heavy (non-hydrogen) atoms. The minimum absolute atomic E-state index is 0.360. The highest BCUT2D eigenvalue weighted by Gasteiger charge is 2.54. The topological polar surface area (TPSA) is 24.1 Å². The standard InChI is InChI=1S/C28H42N2S2/c31-25(27-11-17-4-18(12-27)6-19(5-17)13-27)29-23-2-1-3-24(10-23)30-26(32)28-14-20-7-21(15-28)9-22(8-20)16-28/h17-24H,1-16H2,(H,29,31)(H,30,32). The van der Waals surface area contributed by atoms with Gasteiger partial charge in [-0.25, -0.2) is 0 Å². The molecule has 0 aromatic rings. The lowest BCUT2D eigenvalue weighted by Gasteiger charge is -2.57. The zero-order valence-corrected chi connectivity index (χ0v) is 21.4. The summed E-state index contributed by atoms with van der Waals surface area (Å²) in [5.41, 5.74) is 0.720. The number of nitrogens with one attached hydrogen (secondary N) is 2. The highest BCUT2D eigenvalue weighted by Crippen LogP contribution is 2.61. The molecule has 4 heteroatoms. The Morgan fingerprint density at radius 3 is 1.12 bits per heavy atom. The van der Waals surface area contributed by atoms with Gasteiger partial charge in [0.2, 0.25) is 0 Å². The summed E-state index contributed by atoms with van der Waals surface area (Å²) >= 11 is 12.3. The Labute approximate surface area is 205 Å². The van der Waals surface area contributed by atoms with Crippen LogP contribution in [0.2, 0.25) is 0 Å². The van der Waals surface area contributed by atoms with Crippen LogP contribution in [0.4, 0.5) is 0 Å². The first-order valence-corrected chi connectivity index (χ1v) is 14.9. The van der Waals surface area contributed by atoms with Crippen molar-refractivity contribution in [2.45, 2.75) is 115 Å². The minimum Gasteiger partial charge on any atom is -0.376 e. The Morgan fingerprint density at radius 2 is 0.812 bits per heavy atom.